The molecule has 12 heteroatoms. The van der Waals surface area contributed by atoms with Crippen LogP contribution in [0.4, 0.5) is 0 Å². The summed E-state index contributed by atoms with van der Waals surface area (Å²) in [7, 11) is 0. The average Bonchev–Trinajstić information content (AvgIpc) is 3.57. The van der Waals surface area contributed by atoms with Crippen LogP contribution in [0.3, 0.4) is 0 Å². The molecule has 0 saturated heterocycles. The number of nitrogens with zero attached hydrogens (tertiary/aromatic N) is 2. The molecule has 0 aliphatic carbocycles. The number of nitrogens with one attached hydrogen (secondary N) is 1. The second-order valence-corrected chi connectivity index (χ2v) is 9.55. The molecule has 206 valence electrons. The first-order valence-electron chi connectivity index (χ1n) is 12.8. The Kier molecular flexibility index (Phi) is 6.42. The number of fused-ring (bicyclic) bond motifs is 6. The van der Waals surface area contributed by atoms with E-state index >= 15 is 0 Å². The van der Waals surface area contributed by atoms with Gasteiger partial charge in [-0.15, -0.1) is 0 Å². The van der Waals surface area contributed by atoms with Gasteiger partial charge in [-0.2, -0.15) is 0 Å². The van der Waals surface area contributed by atoms with Crippen molar-refractivity contribution in [3.05, 3.63) is 50.8 Å². The summed E-state index contributed by atoms with van der Waals surface area (Å²) < 4.78 is 23.3. The summed E-state index contributed by atoms with van der Waals surface area (Å²) in [5.74, 6) is 6.38. The second-order valence-electron chi connectivity index (χ2n) is 9.55. The number of amides is 1. The predicted octanol–water partition coefficient (Wildman–Crippen LogP) is 0.599. The summed E-state index contributed by atoms with van der Waals surface area (Å²) in [6.07, 6.45) is 0.434. The molecule has 1 atom stereocenters. The Morgan fingerprint density at radius 3 is 2.80 bits per heavy atom. The third kappa shape index (κ3) is 4.06. The molecule has 0 saturated carbocycles. The Hall–Kier alpha value is -4.44. The number of hydrogen-bond donors (Lipinski definition) is 3. The minimum Gasteiger partial charge on any atom is -0.458 e. The van der Waals surface area contributed by atoms with Crippen LogP contribution in [-0.4, -0.2) is 53.2 Å². The second kappa shape index (κ2) is 9.95. The van der Waals surface area contributed by atoms with E-state index < -0.39 is 11.6 Å². The van der Waals surface area contributed by atoms with Crippen LogP contribution in [0.1, 0.15) is 42.0 Å². The molecule has 1 amide bonds. The van der Waals surface area contributed by atoms with Crippen LogP contribution in [0.5, 0.6) is 11.5 Å². The van der Waals surface area contributed by atoms with E-state index in [1.807, 2.05) is 6.07 Å². The van der Waals surface area contributed by atoms with Crippen molar-refractivity contribution in [3.8, 4) is 34.7 Å². The maximum absolute atomic E-state index is 13.6. The fraction of sp³-hybridized carbons (Fsp3) is 0.357. The average molecular weight is 547 g/mol. The first-order chi connectivity index (χ1) is 19.4. The number of aliphatic hydroxyl groups is 1. The zero-order chi connectivity index (χ0) is 28.0. The number of carbonyl (C=O) groups is 2. The number of hydrogen-bond acceptors (Lipinski definition) is 10. The van der Waals surface area contributed by atoms with Gasteiger partial charge in [-0.3, -0.25) is 9.59 Å². The molecule has 1 aromatic carbocycles. The standard InChI is InChI=1S/C28H26N4O8/c1-2-28(36)19-8-21-25-17(11-32(21)26(34)18(19)12-38-27(28)35)15(5-3-4-6-37-13-30-24(33)10-29)16-7-22-23(40-14-39-22)9-20(16)31-25/h7-9,36H,2,4,6,10-14,29H2,1H3,(H,30,33)/t28-/m0/s1. The fourth-order valence-electron chi connectivity index (χ4n) is 5.16. The Bertz CT molecular complexity index is 1700. The van der Waals surface area contributed by atoms with Crippen LogP contribution < -0.4 is 26.1 Å². The number of rotatable bonds is 6. The minimum atomic E-state index is -1.92. The van der Waals surface area contributed by atoms with Gasteiger partial charge in [0.1, 0.15) is 13.3 Å². The van der Waals surface area contributed by atoms with Gasteiger partial charge in [0.05, 0.1) is 42.2 Å². The van der Waals surface area contributed by atoms with E-state index in [4.69, 9.17) is 29.7 Å². The summed E-state index contributed by atoms with van der Waals surface area (Å²) in [5, 5.41) is 14.4. The molecule has 2 aromatic heterocycles. The smallest absolute Gasteiger partial charge is 0.343 e. The van der Waals surface area contributed by atoms with E-state index in [9.17, 15) is 19.5 Å². The molecule has 0 fully saturated rings. The summed E-state index contributed by atoms with van der Waals surface area (Å²) in [5.41, 5.74) is 6.51. The number of esters is 1. The molecule has 0 bridgehead atoms. The number of cyclic esters (lactones) is 1. The van der Waals surface area contributed by atoms with Crippen molar-refractivity contribution in [1.29, 1.82) is 0 Å². The molecule has 12 nitrogen and oxygen atoms in total. The molecule has 4 N–H and O–H groups in total. The third-order valence-electron chi connectivity index (χ3n) is 7.32. The van der Waals surface area contributed by atoms with E-state index in [2.05, 4.69) is 17.2 Å². The molecule has 3 aliphatic rings. The van der Waals surface area contributed by atoms with Gasteiger partial charge in [0.15, 0.2) is 17.1 Å². The first kappa shape index (κ1) is 25.8. The van der Waals surface area contributed by atoms with Gasteiger partial charge in [-0.1, -0.05) is 18.8 Å². The maximum atomic E-state index is 13.6. The van der Waals surface area contributed by atoms with Crippen LogP contribution >= 0.6 is 0 Å². The number of nitrogens with two attached hydrogens (primary N) is 1. The van der Waals surface area contributed by atoms with E-state index in [1.165, 1.54) is 0 Å². The third-order valence-corrected chi connectivity index (χ3v) is 7.32. The Balaban J connectivity index is 1.43. The largest absolute Gasteiger partial charge is 0.458 e. The highest BCUT2D eigenvalue weighted by molar-refractivity contribution is 5.93. The van der Waals surface area contributed by atoms with Gasteiger partial charge in [-0.25, -0.2) is 9.78 Å². The Morgan fingerprint density at radius 1 is 1.23 bits per heavy atom. The number of ether oxygens (including phenoxy) is 4. The Morgan fingerprint density at radius 2 is 2.02 bits per heavy atom. The van der Waals surface area contributed by atoms with Crippen LogP contribution in [-0.2, 0) is 37.8 Å². The van der Waals surface area contributed by atoms with Crippen molar-refractivity contribution in [1.82, 2.24) is 14.9 Å². The molecule has 6 rings (SSSR count). The van der Waals surface area contributed by atoms with E-state index in [0.717, 1.165) is 10.9 Å². The number of benzene rings is 1. The van der Waals surface area contributed by atoms with Gasteiger partial charge >= 0.3 is 5.97 Å². The maximum Gasteiger partial charge on any atom is 0.343 e. The molecular formula is C28H26N4O8. The fourth-order valence-corrected chi connectivity index (χ4v) is 5.16. The molecule has 3 aromatic rings. The van der Waals surface area contributed by atoms with Gasteiger partial charge in [0.25, 0.3) is 5.56 Å². The van der Waals surface area contributed by atoms with E-state index in [-0.39, 0.29) is 68.8 Å². The lowest BCUT2D eigenvalue weighted by Crippen LogP contribution is -2.44. The molecule has 40 heavy (non-hydrogen) atoms. The normalized spacial score (nSPS) is 17.9. The monoisotopic (exact) mass is 546 g/mol. The molecule has 0 unspecified atom stereocenters. The van der Waals surface area contributed by atoms with Crippen molar-refractivity contribution >= 4 is 22.8 Å². The molecule has 0 radical (unpaired) electrons. The van der Waals surface area contributed by atoms with E-state index in [1.54, 1.807) is 23.6 Å². The topological polar surface area (TPSA) is 164 Å². The SMILES string of the molecule is CC[C@@]1(O)C(=O)OCc2c1cc1n(c2=O)Cc2c-1nc1cc3c(cc1c2C#CCCOCNC(=O)CN)OCO3. The van der Waals surface area contributed by atoms with Crippen LogP contribution in [0.2, 0.25) is 0 Å². The van der Waals surface area contributed by atoms with Gasteiger partial charge in [0, 0.05) is 34.6 Å². The quantitative estimate of drug-likeness (QED) is 0.135. The van der Waals surface area contributed by atoms with Crippen molar-refractivity contribution in [2.24, 2.45) is 5.73 Å². The minimum absolute atomic E-state index is 0.0357. The van der Waals surface area contributed by atoms with E-state index in [0.29, 0.717) is 40.4 Å². The van der Waals surface area contributed by atoms with Crippen LogP contribution in [0, 0.1) is 11.8 Å². The highest BCUT2D eigenvalue weighted by atomic mass is 16.7. The lowest BCUT2D eigenvalue weighted by Gasteiger charge is -2.31. The van der Waals surface area contributed by atoms with Crippen LogP contribution in [0.15, 0.2) is 23.0 Å². The molecule has 5 heterocycles. The number of pyridine rings is 2. The first-order valence-corrected chi connectivity index (χ1v) is 12.8. The zero-order valence-electron chi connectivity index (χ0n) is 21.7. The zero-order valence-corrected chi connectivity index (χ0v) is 21.7. The van der Waals surface area contributed by atoms with Crippen molar-refractivity contribution < 1.29 is 33.6 Å². The Labute approximate surface area is 228 Å². The summed E-state index contributed by atoms with van der Waals surface area (Å²) in [6.45, 7) is 1.96. The van der Waals surface area contributed by atoms with Crippen molar-refractivity contribution in [2.75, 3.05) is 26.7 Å². The molecule has 0 spiro atoms. The van der Waals surface area contributed by atoms with Crippen molar-refractivity contribution in [3.63, 3.8) is 0 Å². The summed E-state index contributed by atoms with van der Waals surface area (Å²) in [6, 6.07) is 5.26. The predicted molar refractivity (Wildman–Crippen MR) is 140 cm³/mol. The summed E-state index contributed by atoms with van der Waals surface area (Å²) in [4.78, 5) is 42.2. The van der Waals surface area contributed by atoms with Crippen LogP contribution in [0.25, 0.3) is 22.3 Å². The lowest BCUT2D eigenvalue weighted by atomic mass is 9.86. The number of aromatic nitrogens is 2. The highest BCUT2D eigenvalue weighted by Crippen LogP contribution is 2.42. The highest BCUT2D eigenvalue weighted by Gasteiger charge is 2.45. The lowest BCUT2D eigenvalue weighted by molar-refractivity contribution is -0.172. The van der Waals surface area contributed by atoms with Gasteiger partial charge in [0.2, 0.25) is 12.7 Å². The van der Waals surface area contributed by atoms with Gasteiger partial charge < -0.3 is 39.7 Å². The molecular weight excluding hydrogens is 520 g/mol. The number of carbonyl (C=O) groups excluding carboxylic acids is 2. The van der Waals surface area contributed by atoms with Crippen molar-refractivity contribution in [2.45, 2.75) is 38.5 Å². The van der Waals surface area contributed by atoms with Gasteiger partial charge in [-0.05, 0) is 18.6 Å². The molecule has 3 aliphatic heterocycles. The summed E-state index contributed by atoms with van der Waals surface area (Å²) >= 11 is 0.